The lowest BCUT2D eigenvalue weighted by Gasteiger charge is -2.34. The number of carbonyl (C=O) groups is 1. The molecule has 0 radical (unpaired) electrons. The molecule has 1 aliphatic heterocycles. The zero-order valence-electron chi connectivity index (χ0n) is 14.2. The molecule has 2 aromatic carbocycles. The Kier molecular flexibility index (Phi) is 4.27. The third-order valence-corrected chi connectivity index (χ3v) is 4.31. The van der Waals surface area contributed by atoms with Crippen LogP contribution in [0.25, 0.3) is 0 Å². The lowest BCUT2D eigenvalue weighted by molar-refractivity contribution is -0.124. The molecule has 1 amide bonds. The Balaban J connectivity index is 1.52. The fraction of sp³-hybridized carbons (Fsp3) is 0.211. The van der Waals surface area contributed by atoms with Crippen LogP contribution in [0.1, 0.15) is 11.3 Å². The predicted octanol–water partition coefficient (Wildman–Crippen LogP) is 1.58. The zero-order valence-corrected chi connectivity index (χ0v) is 14.2. The molecule has 132 valence electrons. The Morgan fingerprint density at radius 2 is 1.88 bits per heavy atom. The Bertz CT molecular complexity index is 909. The lowest BCUT2D eigenvalue weighted by atomic mass is 10.1. The van der Waals surface area contributed by atoms with Gasteiger partial charge in [0.25, 0.3) is 5.91 Å². The van der Waals surface area contributed by atoms with Gasteiger partial charge < -0.3 is 15.4 Å². The molecule has 7 heteroatoms. The monoisotopic (exact) mass is 349 g/mol. The molecule has 0 aliphatic carbocycles. The quantitative estimate of drug-likeness (QED) is 0.756. The van der Waals surface area contributed by atoms with E-state index >= 15 is 0 Å². The summed E-state index contributed by atoms with van der Waals surface area (Å²) in [5.41, 5.74) is 8.35. The Hall–Kier alpha value is -3.35. The highest BCUT2D eigenvalue weighted by Gasteiger charge is 2.29. The summed E-state index contributed by atoms with van der Waals surface area (Å²) in [4.78, 5) is 13.7. The summed E-state index contributed by atoms with van der Waals surface area (Å²) >= 11 is 0. The van der Waals surface area contributed by atoms with Gasteiger partial charge in [-0.3, -0.25) is 4.79 Å². The van der Waals surface area contributed by atoms with Crippen LogP contribution in [0, 0.1) is 0 Å². The van der Waals surface area contributed by atoms with Gasteiger partial charge >= 0.3 is 0 Å². The molecule has 26 heavy (non-hydrogen) atoms. The molecule has 4 rings (SSSR count). The number of fused-ring (bicyclic) bond motifs is 1. The number of ether oxygens (including phenoxy) is 1. The SMILES string of the molecule is NC(=O)C1CN(Cc2cn(Cc3ccccc3)nn2)c2ccccc2O1. The van der Waals surface area contributed by atoms with E-state index in [2.05, 4.69) is 22.4 Å². The molecule has 3 aromatic rings. The molecule has 2 N–H and O–H groups in total. The van der Waals surface area contributed by atoms with E-state index in [9.17, 15) is 4.79 Å². The van der Waals surface area contributed by atoms with Crippen molar-refractivity contribution < 1.29 is 9.53 Å². The van der Waals surface area contributed by atoms with E-state index in [4.69, 9.17) is 10.5 Å². The van der Waals surface area contributed by atoms with Crippen LogP contribution in [0.2, 0.25) is 0 Å². The Morgan fingerprint density at radius 3 is 2.69 bits per heavy atom. The van der Waals surface area contributed by atoms with Crippen LogP contribution in [-0.4, -0.2) is 33.5 Å². The van der Waals surface area contributed by atoms with Gasteiger partial charge in [-0.15, -0.1) is 5.10 Å². The first-order valence-electron chi connectivity index (χ1n) is 8.42. The van der Waals surface area contributed by atoms with Crippen LogP contribution >= 0.6 is 0 Å². The van der Waals surface area contributed by atoms with E-state index in [1.165, 1.54) is 0 Å². The fourth-order valence-corrected chi connectivity index (χ4v) is 3.06. The summed E-state index contributed by atoms with van der Waals surface area (Å²) in [5, 5.41) is 8.47. The molecule has 0 fully saturated rings. The lowest BCUT2D eigenvalue weighted by Crippen LogP contribution is -2.47. The highest BCUT2D eigenvalue weighted by Crippen LogP contribution is 2.33. The van der Waals surface area contributed by atoms with Gasteiger partial charge in [-0.2, -0.15) is 0 Å². The van der Waals surface area contributed by atoms with Crippen molar-refractivity contribution in [3.05, 3.63) is 72.1 Å². The number of nitrogens with zero attached hydrogens (tertiary/aromatic N) is 4. The van der Waals surface area contributed by atoms with E-state index in [0.29, 0.717) is 25.4 Å². The number of benzene rings is 2. The molecular formula is C19H19N5O2. The number of anilines is 1. The summed E-state index contributed by atoms with van der Waals surface area (Å²) in [6.07, 6.45) is 1.24. The third-order valence-electron chi connectivity index (χ3n) is 4.31. The molecular weight excluding hydrogens is 330 g/mol. The summed E-state index contributed by atoms with van der Waals surface area (Å²) in [6, 6.07) is 17.7. The number of hydrogen-bond acceptors (Lipinski definition) is 5. The van der Waals surface area contributed by atoms with Crippen LogP contribution in [0.15, 0.2) is 60.8 Å². The molecule has 1 aromatic heterocycles. The molecule has 0 saturated heterocycles. The normalized spacial score (nSPS) is 16.0. The number of primary amides is 1. The minimum atomic E-state index is -0.677. The largest absolute Gasteiger partial charge is 0.477 e. The highest BCUT2D eigenvalue weighted by molar-refractivity contribution is 5.81. The minimum Gasteiger partial charge on any atom is -0.477 e. The van der Waals surface area contributed by atoms with E-state index in [1.807, 2.05) is 58.2 Å². The van der Waals surface area contributed by atoms with E-state index in [1.54, 1.807) is 0 Å². The van der Waals surface area contributed by atoms with Gasteiger partial charge in [-0.25, -0.2) is 4.68 Å². The van der Waals surface area contributed by atoms with Crippen molar-refractivity contribution in [2.75, 3.05) is 11.4 Å². The van der Waals surface area contributed by atoms with Gasteiger partial charge in [0.1, 0.15) is 11.4 Å². The van der Waals surface area contributed by atoms with Crippen LogP contribution in [0.4, 0.5) is 5.69 Å². The highest BCUT2D eigenvalue weighted by atomic mass is 16.5. The second-order valence-corrected chi connectivity index (χ2v) is 6.25. The third kappa shape index (κ3) is 3.37. The summed E-state index contributed by atoms with van der Waals surface area (Å²) < 4.78 is 7.50. The smallest absolute Gasteiger partial charge is 0.260 e. The van der Waals surface area contributed by atoms with E-state index in [-0.39, 0.29) is 0 Å². The van der Waals surface area contributed by atoms with Gasteiger partial charge in [0, 0.05) is 0 Å². The van der Waals surface area contributed by atoms with Gasteiger partial charge in [0.05, 0.1) is 31.5 Å². The van der Waals surface area contributed by atoms with Crippen LogP contribution in [-0.2, 0) is 17.9 Å². The van der Waals surface area contributed by atoms with E-state index < -0.39 is 12.0 Å². The second-order valence-electron chi connectivity index (χ2n) is 6.25. The summed E-state index contributed by atoms with van der Waals surface area (Å²) in [5.74, 6) is 0.177. The average Bonchev–Trinajstić information content (AvgIpc) is 3.09. The maximum atomic E-state index is 11.6. The standard InChI is InChI=1S/C19H19N5O2/c20-19(25)18-13-23(16-8-4-5-9-17(16)26-18)11-15-12-24(22-21-15)10-14-6-2-1-3-7-14/h1-9,12,18H,10-11,13H2,(H2,20,25). The number of aromatic nitrogens is 3. The van der Waals surface area contributed by atoms with Crippen molar-refractivity contribution in [3.63, 3.8) is 0 Å². The number of para-hydroxylation sites is 2. The second kappa shape index (κ2) is 6.87. The predicted molar refractivity (Wildman–Crippen MR) is 96.7 cm³/mol. The van der Waals surface area contributed by atoms with Crippen molar-refractivity contribution in [1.29, 1.82) is 0 Å². The van der Waals surface area contributed by atoms with Crippen molar-refractivity contribution in [3.8, 4) is 5.75 Å². The van der Waals surface area contributed by atoms with Gasteiger partial charge in [-0.05, 0) is 17.7 Å². The van der Waals surface area contributed by atoms with Gasteiger partial charge in [0.2, 0.25) is 0 Å². The molecule has 1 aliphatic rings. The maximum Gasteiger partial charge on any atom is 0.260 e. The summed E-state index contributed by atoms with van der Waals surface area (Å²) in [7, 11) is 0. The molecule has 0 spiro atoms. The molecule has 0 bridgehead atoms. The Morgan fingerprint density at radius 1 is 1.12 bits per heavy atom. The van der Waals surface area contributed by atoms with Crippen LogP contribution in [0.5, 0.6) is 5.75 Å². The average molecular weight is 349 g/mol. The zero-order chi connectivity index (χ0) is 17.9. The topological polar surface area (TPSA) is 86.3 Å². The first kappa shape index (κ1) is 16.1. The summed E-state index contributed by atoms with van der Waals surface area (Å²) in [6.45, 7) is 1.58. The number of carbonyl (C=O) groups excluding carboxylic acids is 1. The van der Waals surface area contributed by atoms with E-state index in [0.717, 1.165) is 16.9 Å². The number of rotatable bonds is 5. The van der Waals surface area contributed by atoms with Crippen LogP contribution < -0.4 is 15.4 Å². The molecule has 1 unspecified atom stereocenters. The number of amides is 1. The molecule has 0 saturated carbocycles. The van der Waals surface area contributed by atoms with Crippen molar-refractivity contribution in [2.24, 2.45) is 5.73 Å². The minimum absolute atomic E-state index is 0.387. The van der Waals surface area contributed by atoms with Crippen molar-refractivity contribution in [2.45, 2.75) is 19.2 Å². The molecule has 2 heterocycles. The number of nitrogens with two attached hydrogens (primary N) is 1. The molecule has 1 atom stereocenters. The molecule has 7 nitrogen and oxygen atoms in total. The first-order valence-corrected chi connectivity index (χ1v) is 8.42. The number of hydrogen-bond donors (Lipinski definition) is 1. The fourth-order valence-electron chi connectivity index (χ4n) is 3.06. The van der Waals surface area contributed by atoms with Gasteiger partial charge in [0.15, 0.2) is 6.10 Å². The first-order chi connectivity index (χ1) is 12.7. The Labute approximate surface area is 151 Å². The maximum absolute atomic E-state index is 11.6. The van der Waals surface area contributed by atoms with Gasteiger partial charge in [-0.1, -0.05) is 47.7 Å². The van der Waals surface area contributed by atoms with Crippen molar-refractivity contribution in [1.82, 2.24) is 15.0 Å². The van der Waals surface area contributed by atoms with Crippen LogP contribution in [0.3, 0.4) is 0 Å². The van der Waals surface area contributed by atoms with Crippen molar-refractivity contribution >= 4 is 11.6 Å².